The van der Waals surface area contributed by atoms with Crippen molar-refractivity contribution >= 4 is 50.7 Å². The Labute approximate surface area is 160 Å². The molecule has 1 unspecified atom stereocenters. The van der Waals surface area contributed by atoms with Crippen molar-refractivity contribution in [2.24, 2.45) is 5.92 Å². The maximum atomic E-state index is 12.6. The summed E-state index contributed by atoms with van der Waals surface area (Å²) in [5.41, 5.74) is 2.50. The number of anilines is 2. The Morgan fingerprint density at radius 2 is 2.08 bits per heavy atom. The number of hydrogen-bond acceptors (Lipinski definition) is 2. The zero-order valence-electron chi connectivity index (χ0n) is 13.8. The Balaban J connectivity index is 1.74. The molecule has 4 nitrogen and oxygen atoms in total. The monoisotopic (exact) mass is 420 g/mol. The second kappa shape index (κ2) is 7.58. The van der Waals surface area contributed by atoms with Gasteiger partial charge in [-0.25, -0.2) is 0 Å². The van der Waals surface area contributed by atoms with Gasteiger partial charge in [-0.1, -0.05) is 46.6 Å². The van der Waals surface area contributed by atoms with Crippen molar-refractivity contribution in [3.63, 3.8) is 0 Å². The minimum absolute atomic E-state index is 0.0835. The highest BCUT2D eigenvalue weighted by atomic mass is 79.9. The number of amides is 2. The lowest BCUT2D eigenvalue weighted by Crippen LogP contribution is -2.28. The normalized spacial score (nSPS) is 17.0. The standard InChI is InChI=1S/C19H18BrClN2O2/c1-2-12-9-14(20)7-8-16(12)22-19(25)13-10-18(24)23(11-13)17-6-4-3-5-15(17)21/h3-9,13H,2,10-11H2,1H3,(H,22,25). The van der Waals surface area contributed by atoms with Crippen molar-refractivity contribution < 1.29 is 9.59 Å². The number of aryl methyl sites for hydroxylation is 1. The summed E-state index contributed by atoms with van der Waals surface area (Å²) in [6.07, 6.45) is 0.999. The van der Waals surface area contributed by atoms with E-state index in [0.29, 0.717) is 17.3 Å². The minimum Gasteiger partial charge on any atom is -0.326 e. The smallest absolute Gasteiger partial charge is 0.229 e. The van der Waals surface area contributed by atoms with Gasteiger partial charge < -0.3 is 10.2 Å². The van der Waals surface area contributed by atoms with E-state index in [1.54, 1.807) is 17.0 Å². The second-order valence-electron chi connectivity index (χ2n) is 6.00. The van der Waals surface area contributed by atoms with Gasteiger partial charge in [0.1, 0.15) is 0 Å². The number of carbonyl (C=O) groups excluding carboxylic acids is 2. The van der Waals surface area contributed by atoms with Crippen LogP contribution in [0.5, 0.6) is 0 Å². The lowest BCUT2D eigenvalue weighted by atomic mass is 10.1. The first-order valence-electron chi connectivity index (χ1n) is 8.13. The van der Waals surface area contributed by atoms with Crippen LogP contribution in [0, 0.1) is 5.92 Å². The van der Waals surface area contributed by atoms with Gasteiger partial charge in [-0.05, 0) is 42.3 Å². The van der Waals surface area contributed by atoms with Crippen LogP contribution in [-0.2, 0) is 16.0 Å². The Morgan fingerprint density at radius 1 is 1.32 bits per heavy atom. The van der Waals surface area contributed by atoms with Crippen molar-refractivity contribution in [1.82, 2.24) is 0 Å². The largest absolute Gasteiger partial charge is 0.326 e. The average molecular weight is 422 g/mol. The molecule has 0 bridgehead atoms. The molecule has 0 saturated carbocycles. The molecule has 0 aromatic heterocycles. The van der Waals surface area contributed by atoms with E-state index in [2.05, 4.69) is 21.2 Å². The van der Waals surface area contributed by atoms with Crippen LogP contribution in [0.15, 0.2) is 46.9 Å². The highest BCUT2D eigenvalue weighted by Gasteiger charge is 2.36. The number of para-hydroxylation sites is 1. The number of carbonyl (C=O) groups is 2. The molecule has 2 amide bonds. The predicted molar refractivity (Wildman–Crippen MR) is 104 cm³/mol. The van der Waals surface area contributed by atoms with E-state index in [4.69, 9.17) is 11.6 Å². The predicted octanol–water partition coefficient (Wildman–Crippen LogP) is 4.66. The lowest BCUT2D eigenvalue weighted by Gasteiger charge is -2.18. The van der Waals surface area contributed by atoms with Crippen molar-refractivity contribution in [3.05, 3.63) is 57.5 Å². The molecule has 130 valence electrons. The Bertz CT molecular complexity index is 825. The SMILES string of the molecule is CCc1cc(Br)ccc1NC(=O)C1CC(=O)N(c2ccccc2Cl)C1. The van der Waals surface area contributed by atoms with Crippen LogP contribution in [0.4, 0.5) is 11.4 Å². The molecule has 1 fully saturated rings. The highest BCUT2D eigenvalue weighted by Crippen LogP contribution is 2.31. The molecule has 1 N–H and O–H groups in total. The van der Waals surface area contributed by atoms with Crippen LogP contribution in [0.3, 0.4) is 0 Å². The molecule has 2 aromatic carbocycles. The van der Waals surface area contributed by atoms with Crippen LogP contribution in [0.25, 0.3) is 0 Å². The van der Waals surface area contributed by atoms with Gasteiger partial charge in [-0.15, -0.1) is 0 Å². The minimum atomic E-state index is -0.392. The molecule has 0 aliphatic carbocycles. The maximum Gasteiger partial charge on any atom is 0.229 e. The lowest BCUT2D eigenvalue weighted by molar-refractivity contribution is -0.122. The number of rotatable bonds is 4. The van der Waals surface area contributed by atoms with E-state index in [0.717, 1.165) is 22.1 Å². The summed E-state index contributed by atoms with van der Waals surface area (Å²) < 4.78 is 0.975. The molecular formula is C19H18BrClN2O2. The van der Waals surface area contributed by atoms with E-state index in [1.165, 1.54) is 0 Å². The van der Waals surface area contributed by atoms with Gasteiger partial charge >= 0.3 is 0 Å². The Kier molecular flexibility index (Phi) is 5.45. The van der Waals surface area contributed by atoms with Crippen molar-refractivity contribution in [3.8, 4) is 0 Å². The first kappa shape index (κ1) is 18.0. The Morgan fingerprint density at radius 3 is 2.80 bits per heavy atom. The zero-order valence-corrected chi connectivity index (χ0v) is 16.1. The van der Waals surface area contributed by atoms with Gasteiger partial charge in [0.25, 0.3) is 0 Å². The van der Waals surface area contributed by atoms with Gasteiger partial charge in [0, 0.05) is 23.1 Å². The third-order valence-electron chi connectivity index (χ3n) is 4.35. The molecule has 6 heteroatoms. The number of benzene rings is 2. The van der Waals surface area contributed by atoms with Crippen LogP contribution < -0.4 is 10.2 Å². The maximum absolute atomic E-state index is 12.6. The third-order valence-corrected chi connectivity index (χ3v) is 5.16. The van der Waals surface area contributed by atoms with Crippen LogP contribution in [-0.4, -0.2) is 18.4 Å². The molecule has 2 aromatic rings. The van der Waals surface area contributed by atoms with Crippen LogP contribution in [0.1, 0.15) is 18.9 Å². The van der Waals surface area contributed by atoms with E-state index in [9.17, 15) is 9.59 Å². The van der Waals surface area contributed by atoms with Crippen molar-refractivity contribution in [1.29, 1.82) is 0 Å². The second-order valence-corrected chi connectivity index (χ2v) is 7.32. The Hall–Kier alpha value is -1.85. The van der Waals surface area contributed by atoms with Gasteiger partial charge in [0.2, 0.25) is 11.8 Å². The molecule has 0 radical (unpaired) electrons. The highest BCUT2D eigenvalue weighted by molar-refractivity contribution is 9.10. The van der Waals surface area contributed by atoms with Crippen LogP contribution in [0.2, 0.25) is 5.02 Å². The van der Waals surface area contributed by atoms with E-state index in [1.807, 2.05) is 37.3 Å². The van der Waals surface area contributed by atoms with E-state index < -0.39 is 5.92 Å². The average Bonchev–Trinajstić information content (AvgIpc) is 2.98. The molecule has 1 saturated heterocycles. The summed E-state index contributed by atoms with van der Waals surface area (Å²) in [7, 11) is 0. The fraction of sp³-hybridized carbons (Fsp3) is 0.263. The van der Waals surface area contributed by atoms with Crippen molar-refractivity contribution in [2.45, 2.75) is 19.8 Å². The summed E-state index contributed by atoms with van der Waals surface area (Å²) >= 11 is 9.62. The number of hydrogen-bond donors (Lipinski definition) is 1. The summed E-state index contributed by atoms with van der Waals surface area (Å²) in [4.78, 5) is 26.6. The molecule has 1 heterocycles. The fourth-order valence-electron chi connectivity index (χ4n) is 3.00. The summed E-state index contributed by atoms with van der Waals surface area (Å²) in [6, 6.07) is 12.9. The first-order valence-corrected chi connectivity index (χ1v) is 9.31. The van der Waals surface area contributed by atoms with Crippen molar-refractivity contribution in [2.75, 3.05) is 16.8 Å². The molecular weight excluding hydrogens is 404 g/mol. The van der Waals surface area contributed by atoms with Gasteiger partial charge in [-0.2, -0.15) is 0 Å². The van der Waals surface area contributed by atoms with E-state index in [-0.39, 0.29) is 18.2 Å². The molecule has 25 heavy (non-hydrogen) atoms. The summed E-state index contributed by atoms with van der Waals surface area (Å²) in [5, 5.41) is 3.48. The van der Waals surface area contributed by atoms with Gasteiger partial charge in [0.05, 0.1) is 16.6 Å². The van der Waals surface area contributed by atoms with Gasteiger partial charge in [-0.3, -0.25) is 9.59 Å². The zero-order chi connectivity index (χ0) is 18.0. The molecule has 1 aliphatic heterocycles. The molecule has 1 aliphatic rings. The summed E-state index contributed by atoms with van der Waals surface area (Å²) in [6.45, 7) is 2.38. The fourth-order valence-corrected chi connectivity index (χ4v) is 3.64. The number of halogens is 2. The molecule has 1 atom stereocenters. The third kappa shape index (κ3) is 3.88. The summed E-state index contributed by atoms with van der Waals surface area (Å²) in [5.74, 6) is -0.614. The van der Waals surface area contributed by atoms with Crippen LogP contribution >= 0.6 is 27.5 Å². The first-order chi connectivity index (χ1) is 12.0. The molecule has 3 rings (SSSR count). The number of nitrogens with zero attached hydrogens (tertiary/aromatic N) is 1. The van der Waals surface area contributed by atoms with E-state index >= 15 is 0 Å². The molecule has 0 spiro atoms. The number of nitrogens with one attached hydrogen (secondary N) is 1. The van der Waals surface area contributed by atoms with Gasteiger partial charge in [0.15, 0.2) is 0 Å². The quantitative estimate of drug-likeness (QED) is 0.781. The topological polar surface area (TPSA) is 49.4 Å².